The summed E-state index contributed by atoms with van der Waals surface area (Å²) < 4.78 is 1.83. The summed E-state index contributed by atoms with van der Waals surface area (Å²) in [4.78, 5) is 19.8. The van der Waals surface area contributed by atoms with E-state index in [1.54, 1.807) is 24.4 Å². The molecule has 1 aromatic carbocycles. The van der Waals surface area contributed by atoms with Crippen LogP contribution in [-0.2, 0) is 6.54 Å². The van der Waals surface area contributed by atoms with Crippen LogP contribution in [-0.4, -0.2) is 20.3 Å². The molecule has 0 spiro atoms. The van der Waals surface area contributed by atoms with Crippen molar-refractivity contribution < 1.29 is 4.79 Å². The van der Waals surface area contributed by atoms with Gasteiger partial charge in [-0.25, -0.2) is 4.98 Å². The second-order valence-corrected chi connectivity index (χ2v) is 6.32. The first-order chi connectivity index (χ1) is 11.6. The number of carbonyl (C=O) groups excluding carboxylic acids is 1. The lowest BCUT2D eigenvalue weighted by molar-refractivity contribution is 0.0946. The second kappa shape index (κ2) is 5.85. The van der Waals surface area contributed by atoms with Crippen molar-refractivity contribution in [2.24, 2.45) is 0 Å². The van der Waals surface area contributed by atoms with Gasteiger partial charge in [-0.05, 0) is 36.4 Å². The number of hydrogen-bond donors (Lipinski definition) is 2. The number of hydrogen-bond acceptors (Lipinski definition) is 2. The van der Waals surface area contributed by atoms with Crippen molar-refractivity contribution in [1.29, 1.82) is 0 Å². The molecule has 0 aliphatic heterocycles. The average Bonchev–Trinajstić information content (AvgIpc) is 3.15. The van der Waals surface area contributed by atoms with Gasteiger partial charge >= 0.3 is 0 Å². The highest BCUT2D eigenvalue weighted by Crippen LogP contribution is 2.20. The number of H-pyrrole nitrogens is 1. The lowest BCUT2D eigenvalue weighted by atomic mass is 10.2. The summed E-state index contributed by atoms with van der Waals surface area (Å²) in [6, 6.07) is 10.8. The van der Waals surface area contributed by atoms with E-state index in [4.69, 9.17) is 23.2 Å². The van der Waals surface area contributed by atoms with Crippen LogP contribution in [0.5, 0.6) is 0 Å². The van der Waals surface area contributed by atoms with Gasteiger partial charge < -0.3 is 14.7 Å². The van der Waals surface area contributed by atoms with Gasteiger partial charge in [0.1, 0.15) is 11.3 Å². The van der Waals surface area contributed by atoms with Crippen molar-refractivity contribution in [2.45, 2.75) is 6.54 Å². The Hall–Kier alpha value is -2.50. The molecule has 4 aromatic rings. The quantitative estimate of drug-likeness (QED) is 0.580. The standard InChI is InChI=1S/C17H12Cl2N4O/c18-11-1-3-14-10(5-11)6-15(22-14)17(24)20-7-13-9-23-8-12(19)2-4-16(23)21-13/h1-6,8-9,22H,7H2,(H,20,24). The number of imidazole rings is 1. The molecule has 120 valence electrons. The first-order valence-electron chi connectivity index (χ1n) is 7.28. The molecule has 5 nitrogen and oxygen atoms in total. The highest BCUT2D eigenvalue weighted by atomic mass is 35.5. The Morgan fingerprint density at radius 1 is 1.12 bits per heavy atom. The van der Waals surface area contributed by atoms with Crippen LogP contribution in [0.2, 0.25) is 10.0 Å². The predicted molar refractivity (Wildman–Crippen MR) is 94.7 cm³/mol. The van der Waals surface area contributed by atoms with E-state index in [9.17, 15) is 4.79 Å². The summed E-state index contributed by atoms with van der Waals surface area (Å²) in [6.45, 7) is 0.328. The molecule has 1 amide bonds. The summed E-state index contributed by atoms with van der Waals surface area (Å²) in [5.41, 5.74) is 2.89. The van der Waals surface area contributed by atoms with E-state index in [1.807, 2.05) is 28.8 Å². The molecule has 3 heterocycles. The van der Waals surface area contributed by atoms with E-state index in [0.29, 0.717) is 22.3 Å². The predicted octanol–water partition coefficient (Wildman–Crippen LogP) is 4.05. The molecule has 0 fully saturated rings. The molecule has 0 saturated carbocycles. The lowest BCUT2D eigenvalue weighted by Gasteiger charge is -2.00. The Labute approximate surface area is 147 Å². The molecule has 0 aliphatic carbocycles. The zero-order valence-electron chi connectivity index (χ0n) is 12.4. The molecule has 0 saturated heterocycles. The molecule has 0 atom stereocenters. The summed E-state index contributed by atoms with van der Waals surface area (Å²) in [6.07, 6.45) is 3.61. The van der Waals surface area contributed by atoms with Crippen molar-refractivity contribution in [3.8, 4) is 0 Å². The van der Waals surface area contributed by atoms with Gasteiger partial charge in [-0.3, -0.25) is 4.79 Å². The third-order valence-electron chi connectivity index (χ3n) is 3.72. The number of amides is 1. The number of nitrogens with zero attached hydrogens (tertiary/aromatic N) is 2. The van der Waals surface area contributed by atoms with E-state index in [1.165, 1.54) is 0 Å². The summed E-state index contributed by atoms with van der Waals surface area (Å²) in [5, 5.41) is 5.02. The van der Waals surface area contributed by atoms with E-state index in [0.717, 1.165) is 22.2 Å². The number of pyridine rings is 1. The number of fused-ring (bicyclic) bond motifs is 2. The van der Waals surface area contributed by atoms with Crippen LogP contribution in [0.15, 0.2) is 48.8 Å². The highest BCUT2D eigenvalue weighted by Gasteiger charge is 2.10. The molecular weight excluding hydrogens is 347 g/mol. The third kappa shape index (κ3) is 2.84. The maximum atomic E-state index is 12.3. The van der Waals surface area contributed by atoms with Gasteiger partial charge in [0, 0.05) is 28.3 Å². The zero-order chi connectivity index (χ0) is 16.7. The van der Waals surface area contributed by atoms with Gasteiger partial charge in [-0.1, -0.05) is 23.2 Å². The van der Waals surface area contributed by atoms with Crippen molar-refractivity contribution >= 4 is 45.7 Å². The molecule has 0 aliphatic rings. The van der Waals surface area contributed by atoms with Gasteiger partial charge in [0.05, 0.1) is 17.3 Å². The summed E-state index contributed by atoms with van der Waals surface area (Å²) in [7, 11) is 0. The van der Waals surface area contributed by atoms with Crippen LogP contribution in [0, 0.1) is 0 Å². The lowest BCUT2D eigenvalue weighted by Crippen LogP contribution is -2.23. The monoisotopic (exact) mass is 358 g/mol. The van der Waals surface area contributed by atoms with Crippen molar-refractivity contribution in [2.75, 3.05) is 0 Å². The van der Waals surface area contributed by atoms with Gasteiger partial charge in [-0.2, -0.15) is 0 Å². The summed E-state index contributed by atoms with van der Waals surface area (Å²) in [5.74, 6) is -0.197. The number of carbonyl (C=O) groups is 1. The Morgan fingerprint density at radius 2 is 1.96 bits per heavy atom. The van der Waals surface area contributed by atoms with E-state index >= 15 is 0 Å². The van der Waals surface area contributed by atoms with Crippen molar-refractivity contribution in [1.82, 2.24) is 19.7 Å². The van der Waals surface area contributed by atoms with Crippen LogP contribution in [0.3, 0.4) is 0 Å². The first-order valence-corrected chi connectivity index (χ1v) is 8.04. The van der Waals surface area contributed by atoms with Crippen molar-refractivity contribution in [3.05, 3.63) is 70.2 Å². The van der Waals surface area contributed by atoms with Crippen LogP contribution >= 0.6 is 23.2 Å². The summed E-state index contributed by atoms with van der Waals surface area (Å²) >= 11 is 11.9. The van der Waals surface area contributed by atoms with Gasteiger partial charge in [-0.15, -0.1) is 0 Å². The smallest absolute Gasteiger partial charge is 0.268 e. The molecule has 7 heteroatoms. The van der Waals surface area contributed by atoms with E-state index in [2.05, 4.69) is 15.3 Å². The molecule has 3 aromatic heterocycles. The molecule has 0 unspecified atom stereocenters. The number of halogens is 2. The highest BCUT2D eigenvalue weighted by molar-refractivity contribution is 6.31. The number of benzene rings is 1. The van der Waals surface area contributed by atoms with Gasteiger partial charge in [0.25, 0.3) is 5.91 Å². The Kier molecular flexibility index (Phi) is 3.67. The second-order valence-electron chi connectivity index (χ2n) is 5.44. The van der Waals surface area contributed by atoms with Crippen LogP contribution < -0.4 is 5.32 Å². The maximum absolute atomic E-state index is 12.3. The Bertz CT molecular complexity index is 1070. The van der Waals surface area contributed by atoms with Crippen LogP contribution in [0.1, 0.15) is 16.2 Å². The SMILES string of the molecule is O=C(NCc1cn2cc(Cl)ccc2n1)c1cc2cc(Cl)ccc2[nH]1. The molecule has 24 heavy (non-hydrogen) atoms. The number of nitrogens with one attached hydrogen (secondary N) is 2. The number of aromatic nitrogens is 3. The Balaban J connectivity index is 1.52. The third-order valence-corrected chi connectivity index (χ3v) is 4.18. The molecular formula is C17H12Cl2N4O. The van der Waals surface area contributed by atoms with Gasteiger partial charge in [0.15, 0.2) is 0 Å². The van der Waals surface area contributed by atoms with Crippen LogP contribution in [0.4, 0.5) is 0 Å². The largest absolute Gasteiger partial charge is 0.351 e. The maximum Gasteiger partial charge on any atom is 0.268 e. The van der Waals surface area contributed by atoms with Crippen molar-refractivity contribution in [3.63, 3.8) is 0 Å². The first kappa shape index (κ1) is 15.1. The Morgan fingerprint density at radius 3 is 2.83 bits per heavy atom. The molecule has 0 bridgehead atoms. The normalized spacial score (nSPS) is 11.2. The molecule has 4 rings (SSSR count). The van der Waals surface area contributed by atoms with E-state index < -0.39 is 0 Å². The fraction of sp³-hybridized carbons (Fsp3) is 0.0588. The number of rotatable bonds is 3. The topological polar surface area (TPSA) is 62.2 Å². The zero-order valence-corrected chi connectivity index (χ0v) is 13.9. The van der Waals surface area contributed by atoms with Crippen LogP contribution in [0.25, 0.3) is 16.6 Å². The van der Waals surface area contributed by atoms with E-state index in [-0.39, 0.29) is 5.91 Å². The fourth-order valence-electron chi connectivity index (χ4n) is 2.59. The minimum absolute atomic E-state index is 0.197. The number of aromatic amines is 1. The average molecular weight is 359 g/mol. The van der Waals surface area contributed by atoms with Gasteiger partial charge in [0.2, 0.25) is 0 Å². The molecule has 0 radical (unpaired) electrons. The fourth-order valence-corrected chi connectivity index (χ4v) is 2.94. The molecule has 2 N–H and O–H groups in total. The minimum atomic E-state index is -0.197. The minimum Gasteiger partial charge on any atom is -0.351 e.